The summed E-state index contributed by atoms with van der Waals surface area (Å²) in [4.78, 5) is 89.9. The Hall–Kier alpha value is -6.51. The molecule has 0 bridgehead atoms. The number of carbonyl (C=O) groups excluding carboxylic acids is 4. The van der Waals surface area contributed by atoms with E-state index in [0.29, 0.717) is 17.0 Å². The Kier molecular flexibility index (Phi) is 9.32. The molecule has 14 nitrogen and oxygen atoms in total. The Morgan fingerprint density at radius 2 is 1.17 bits per heavy atom. The second-order valence-corrected chi connectivity index (χ2v) is 16.6. The van der Waals surface area contributed by atoms with Crippen molar-refractivity contribution >= 4 is 70.1 Å². The van der Waals surface area contributed by atoms with Crippen LogP contribution in [0.25, 0.3) is 11.3 Å². The number of rotatable bonds is 10. The summed E-state index contributed by atoms with van der Waals surface area (Å²) >= 11 is 13.0. The number of fused-ring (bicyclic) bond motifs is 4. The first kappa shape index (κ1) is 39.0. The Morgan fingerprint density at radius 3 is 1.65 bits per heavy atom. The summed E-state index contributed by atoms with van der Waals surface area (Å²) in [7, 11) is 0. The molecule has 4 amide bonds. The third-order valence-corrected chi connectivity index (χ3v) is 12.7. The van der Waals surface area contributed by atoms with Crippen LogP contribution >= 0.6 is 23.2 Å². The van der Waals surface area contributed by atoms with E-state index in [1.807, 2.05) is 60.7 Å². The normalized spacial score (nSPS) is 21.7. The molecule has 2 saturated heterocycles. The molecule has 2 N–H and O–H groups in total. The topological polar surface area (TPSA) is 182 Å². The van der Waals surface area contributed by atoms with Crippen molar-refractivity contribution in [3.05, 3.63) is 135 Å². The average Bonchev–Trinajstić information content (AvgIpc) is 3.97. The summed E-state index contributed by atoms with van der Waals surface area (Å²) in [6, 6.07) is 22.6. The fraction of sp³-hybridized carbons (Fsp3) is 0.250. The van der Waals surface area contributed by atoms with E-state index in [4.69, 9.17) is 27.7 Å². The lowest BCUT2D eigenvalue weighted by Crippen LogP contribution is -2.63. The molecule has 9 rings (SSSR count). The predicted molar refractivity (Wildman–Crippen MR) is 217 cm³/mol. The number of likely N-dealkylation sites (tertiary alicyclic amines) is 2. The molecule has 304 valence electrons. The number of halogens is 2. The first-order valence-electron chi connectivity index (χ1n) is 19.1. The number of carboxylic acid groups (broad SMARTS) is 2. The van der Waals surface area contributed by atoms with Crippen LogP contribution in [-0.4, -0.2) is 85.9 Å². The average molecular weight is 849 g/mol. The number of amides is 4. The summed E-state index contributed by atoms with van der Waals surface area (Å²) in [5.74, 6) is -5.45. The van der Waals surface area contributed by atoms with Crippen molar-refractivity contribution in [2.45, 2.75) is 55.8 Å². The van der Waals surface area contributed by atoms with Gasteiger partial charge in [0.1, 0.15) is 10.8 Å². The number of aromatic nitrogens is 1. The van der Waals surface area contributed by atoms with Gasteiger partial charge in [-0.1, -0.05) is 89.0 Å². The van der Waals surface area contributed by atoms with Gasteiger partial charge in [0.2, 0.25) is 23.6 Å². The third-order valence-electron chi connectivity index (χ3n) is 12.2. The van der Waals surface area contributed by atoms with Gasteiger partial charge in [0, 0.05) is 65.0 Å². The van der Waals surface area contributed by atoms with Gasteiger partial charge in [-0.05, 0) is 60.0 Å². The number of hydrogen-bond donors (Lipinski definition) is 2. The SMILES string of the molecule is Cc1noc(-c2ccccc2)c1CN1CC2(CC1=O)C(=O)N(C(C(=O)O)C(C(=O)O)N1C(=O)C3(CC(=O)N(Cc4ccccc4)C3)c3cc(Cl)ccc31)c1ccc(Cl)cc12. The molecule has 60 heavy (non-hydrogen) atoms. The Bertz CT molecular complexity index is 2660. The summed E-state index contributed by atoms with van der Waals surface area (Å²) in [5, 5.41) is 26.7. The molecule has 0 aliphatic carbocycles. The highest BCUT2D eigenvalue weighted by Gasteiger charge is 2.65. The highest BCUT2D eigenvalue weighted by atomic mass is 35.5. The van der Waals surface area contributed by atoms with Gasteiger partial charge in [-0.3, -0.25) is 29.0 Å². The molecule has 4 aliphatic heterocycles. The standard InChI is InChI=1S/C44H35Cl2N5O9/c1-24-29(38(60-47-24)26-10-6-3-7-11-26)21-49-23-44(19-35(49)53)31-17-28(46)13-15-33(31)51(42(44)59)37(40(56)57)36(39(54)55)50-32-14-12-27(45)16-30(32)43(41(50)58)18-34(52)48(22-43)20-25-8-4-2-5-9-25/h2-17,36-37H,18-23H2,1H3,(H,54,55)(H,56,57). The largest absolute Gasteiger partial charge is 0.480 e. The minimum atomic E-state index is -2.22. The van der Waals surface area contributed by atoms with E-state index in [1.165, 1.54) is 46.2 Å². The van der Waals surface area contributed by atoms with Crippen LogP contribution in [0.15, 0.2) is 102 Å². The van der Waals surface area contributed by atoms with Crippen LogP contribution < -0.4 is 9.80 Å². The molecule has 2 fully saturated rings. The van der Waals surface area contributed by atoms with Gasteiger partial charge in [0.25, 0.3) is 0 Å². The molecule has 4 atom stereocenters. The molecule has 1 aromatic heterocycles. The van der Waals surface area contributed by atoms with Gasteiger partial charge >= 0.3 is 11.9 Å². The lowest BCUT2D eigenvalue weighted by molar-refractivity contribution is -0.148. The minimum Gasteiger partial charge on any atom is -0.480 e. The van der Waals surface area contributed by atoms with Gasteiger partial charge in [-0.2, -0.15) is 0 Å². The lowest BCUT2D eigenvalue weighted by Gasteiger charge is -2.36. The lowest BCUT2D eigenvalue weighted by atomic mass is 9.80. The molecule has 5 aromatic rings. The second kappa shape index (κ2) is 14.3. The number of aryl methyl sites for hydroxylation is 1. The maximum atomic E-state index is 15.2. The minimum absolute atomic E-state index is 0.00709. The zero-order valence-corrected chi connectivity index (χ0v) is 33.4. The molecule has 5 heterocycles. The Morgan fingerprint density at radius 1 is 0.700 bits per heavy atom. The van der Waals surface area contributed by atoms with Crippen LogP contribution in [0.3, 0.4) is 0 Å². The van der Waals surface area contributed by atoms with E-state index in [0.717, 1.165) is 20.9 Å². The van der Waals surface area contributed by atoms with Crippen LogP contribution in [0.5, 0.6) is 0 Å². The molecule has 2 spiro atoms. The van der Waals surface area contributed by atoms with Gasteiger partial charge < -0.3 is 24.5 Å². The fourth-order valence-corrected chi connectivity index (χ4v) is 9.78. The summed E-state index contributed by atoms with van der Waals surface area (Å²) in [6.07, 6.45) is -0.702. The molecule has 4 unspecified atom stereocenters. The van der Waals surface area contributed by atoms with Crippen LogP contribution in [0.2, 0.25) is 10.0 Å². The monoisotopic (exact) mass is 847 g/mol. The highest BCUT2D eigenvalue weighted by molar-refractivity contribution is 6.31. The van der Waals surface area contributed by atoms with Gasteiger partial charge in [-0.25, -0.2) is 9.59 Å². The van der Waals surface area contributed by atoms with E-state index in [2.05, 4.69) is 5.16 Å². The van der Waals surface area contributed by atoms with Gasteiger partial charge in [-0.15, -0.1) is 0 Å². The van der Waals surface area contributed by atoms with Crippen molar-refractivity contribution in [3.63, 3.8) is 0 Å². The van der Waals surface area contributed by atoms with E-state index in [9.17, 15) is 29.4 Å². The molecular formula is C44H35Cl2N5O9. The predicted octanol–water partition coefficient (Wildman–Crippen LogP) is 5.60. The maximum absolute atomic E-state index is 15.2. The molecule has 0 radical (unpaired) electrons. The van der Waals surface area contributed by atoms with E-state index in [1.54, 1.807) is 6.92 Å². The number of hydrogen-bond acceptors (Lipinski definition) is 8. The number of anilines is 2. The van der Waals surface area contributed by atoms with Crippen LogP contribution in [0.1, 0.15) is 40.8 Å². The zero-order chi connectivity index (χ0) is 42.2. The highest BCUT2D eigenvalue weighted by Crippen LogP contribution is 2.53. The fourth-order valence-electron chi connectivity index (χ4n) is 9.44. The number of aliphatic carboxylic acids is 2. The van der Waals surface area contributed by atoms with E-state index < -0.39 is 52.6 Å². The Labute approximate surface area is 352 Å². The Balaban J connectivity index is 1.10. The summed E-state index contributed by atoms with van der Waals surface area (Å²) in [5.41, 5.74) is -0.00910. The number of nitrogens with zero attached hydrogens (tertiary/aromatic N) is 5. The maximum Gasteiger partial charge on any atom is 0.329 e. The quantitative estimate of drug-likeness (QED) is 0.180. The van der Waals surface area contributed by atoms with Gasteiger partial charge in [0.15, 0.2) is 17.8 Å². The number of carboxylic acids is 2. The van der Waals surface area contributed by atoms with Crippen molar-refractivity contribution in [1.29, 1.82) is 0 Å². The zero-order valence-electron chi connectivity index (χ0n) is 31.9. The first-order chi connectivity index (χ1) is 28.7. The second-order valence-electron chi connectivity index (χ2n) is 15.7. The van der Waals surface area contributed by atoms with E-state index >= 15 is 9.59 Å². The molecule has 4 aromatic carbocycles. The molecular weight excluding hydrogens is 813 g/mol. The number of carbonyl (C=O) groups is 6. The van der Waals surface area contributed by atoms with Crippen LogP contribution in [0, 0.1) is 6.92 Å². The van der Waals surface area contributed by atoms with Crippen LogP contribution in [0.4, 0.5) is 11.4 Å². The van der Waals surface area contributed by atoms with Crippen LogP contribution in [-0.2, 0) is 52.7 Å². The van der Waals surface area contributed by atoms with Crippen molar-refractivity contribution in [1.82, 2.24) is 15.0 Å². The molecule has 4 aliphatic rings. The van der Waals surface area contributed by atoms with E-state index in [-0.39, 0.29) is 77.5 Å². The smallest absolute Gasteiger partial charge is 0.329 e. The van der Waals surface area contributed by atoms with Gasteiger partial charge in [0.05, 0.1) is 12.2 Å². The van der Waals surface area contributed by atoms with Crippen molar-refractivity contribution in [2.75, 3.05) is 22.9 Å². The third kappa shape index (κ3) is 5.95. The summed E-state index contributed by atoms with van der Waals surface area (Å²) < 4.78 is 5.66. The van der Waals surface area contributed by atoms with Crippen molar-refractivity contribution in [2.24, 2.45) is 0 Å². The van der Waals surface area contributed by atoms with Crippen molar-refractivity contribution < 1.29 is 43.5 Å². The number of benzene rings is 4. The summed E-state index contributed by atoms with van der Waals surface area (Å²) in [6.45, 7) is 1.59. The molecule has 16 heteroatoms. The first-order valence-corrected chi connectivity index (χ1v) is 19.8. The molecule has 0 saturated carbocycles. The van der Waals surface area contributed by atoms with Crippen molar-refractivity contribution in [3.8, 4) is 11.3 Å².